The summed E-state index contributed by atoms with van der Waals surface area (Å²) in [6.07, 6.45) is 3.70. The molecule has 0 spiro atoms. The van der Waals surface area contributed by atoms with Gasteiger partial charge >= 0.3 is 0 Å². The van der Waals surface area contributed by atoms with Gasteiger partial charge in [-0.2, -0.15) is 5.10 Å². The molecule has 1 unspecified atom stereocenters. The van der Waals surface area contributed by atoms with Crippen molar-refractivity contribution in [3.8, 4) is 0 Å². The van der Waals surface area contributed by atoms with Crippen molar-refractivity contribution in [1.29, 1.82) is 0 Å². The smallest absolute Gasteiger partial charge is 0.257 e. The van der Waals surface area contributed by atoms with Crippen LogP contribution in [0.4, 0.5) is 5.69 Å². The number of amides is 2. The Balaban J connectivity index is 1.51. The first-order chi connectivity index (χ1) is 13.2. The Bertz CT molecular complexity index is 976. The monoisotopic (exact) mass is 364 g/mol. The number of benzene rings is 2. The summed E-state index contributed by atoms with van der Waals surface area (Å²) in [6.45, 7) is 1.21. The molecule has 2 heterocycles. The number of carbonyl (C=O) groups excluding carboxylic acids is 2. The second-order valence-electron chi connectivity index (χ2n) is 6.48. The topological polar surface area (TPSA) is 96.1 Å². The third-order valence-electron chi connectivity index (χ3n) is 4.66. The first kappa shape index (κ1) is 17.2. The SMILES string of the molecule is O=C(NCC1CCCO1)c1ccccc1NC(=O)c1cccc2cn[nH]c12. The summed E-state index contributed by atoms with van der Waals surface area (Å²) < 4.78 is 5.53. The number of ether oxygens (including phenoxy) is 1. The van der Waals surface area contributed by atoms with Gasteiger partial charge in [0.1, 0.15) is 0 Å². The molecular weight excluding hydrogens is 344 g/mol. The Kier molecular flexibility index (Phi) is 4.84. The zero-order valence-corrected chi connectivity index (χ0v) is 14.7. The minimum absolute atomic E-state index is 0.0636. The summed E-state index contributed by atoms with van der Waals surface area (Å²) in [5.74, 6) is -0.537. The average Bonchev–Trinajstić information content (AvgIpc) is 3.37. The van der Waals surface area contributed by atoms with E-state index >= 15 is 0 Å². The van der Waals surface area contributed by atoms with Crippen LogP contribution in [-0.4, -0.2) is 41.3 Å². The van der Waals surface area contributed by atoms with Crippen molar-refractivity contribution in [1.82, 2.24) is 15.5 Å². The van der Waals surface area contributed by atoms with Gasteiger partial charge in [-0.25, -0.2) is 0 Å². The summed E-state index contributed by atoms with van der Waals surface area (Å²) in [4.78, 5) is 25.3. The quantitative estimate of drug-likeness (QED) is 0.649. The van der Waals surface area contributed by atoms with E-state index in [0.717, 1.165) is 24.8 Å². The maximum absolute atomic E-state index is 12.8. The zero-order valence-electron chi connectivity index (χ0n) is 14.7. The van der Waals surface area contributed by atoms with Crippen LogP contribution in [-0.2, 0) is 4.74 Å². The number of hydrogen-bond acceptors (Lipinski definition) is 4. The minimum atomic E-state index is -0.302. The summed E-state index contributed by atoms with van der Waals surface area (Å²) >= 11 is 0. The van der Waals surface area contributed by atoms with Crippen molar-refractivity contribution in [2.24, 2.45) is 0 Å². The molecule has 1 saturated heterocycles. The Morgan fingerprint density at radius 2 is 1.96 bits per heavy atom. The van der Waals surface area contributed by atoms with E-state index in [-0.39, 0.29) is 17.9 Å². The number of para-hydroxylation sites is 2. The molecule has 7 nitrogen and oxygen atoms in total. The third kappa shape index (κ3) is 3.68. The molecule has 2 amide bonds. The van der Waals surface area contributed by atoms with Crippen LogP contribution in [0.25, 0.3) is 10.9 Å². The maximum Gasteiger partial charge on any atom is 0.257 e. The molecular formula is C20H20N4O3. The van der Waals surface area contributed by atoms with Gasteiger partial charge in [-0.15, -0.1) is 0 Å². The maximum atomic E-state index is 12.8. The Labute approximate surface area is 156 Å². The van der Waals surface area contributed by atoms with Crippen LogP contribution in [0.5, 0.6) is 0 Å². The van der Waals surface area contributed by atoms with Crippen LogP contribution in [0.1, 0.15) is 33.6 Å². The number of rotatable bonds is 5. The highest BCUT2D eigenvalue weighted by atomic mass is 16.5. The minimum Gasteiger partial charge on any atom is -0.376 e. The number of carbonyl (C=O) groups is 2. The third-order valence-corrected chi connectivity index (χ3v) is 4.66. The van der Waals surface area contributed by atoms with Crippen LogP contribution in [0.2, 0.25) is 0 Å². The Hall–Kier alpha value is -3.19. The number of fused-ring (bicyclic) bond motifs is 1. The van der Waals surface area contributed by atoms with E-state index in [1.807, 2.05) is 6.07 Å². The predicted molar refractivity (Wildman–Crippen MR) is 102 cm³/mol. The lowest BCUT2D eigenvalue weighted by Crippen LogP contribution is -2.32. The lowest BCUT2D eigenvalue weighted by atomic mass is 10.1. The van der Waals surface area contributed by atoms with Gasteiger partial charge in [0.05, 0.1) is 34.6 Å². The molecule has 3 N–H and O–H groups in total. The summed E-state index contributed by atoms with van der Waals surface area (Å²) in [6, 6.07) is 12.4. The van der Waals surface area contributed by atoms with Crippen molar-refractivity contribution in [3.63, 3.8) is 0 Å². The highest BCUT2D eigenvalue weighted by molar-refractivity contribution is 6.14. The van der Waals surface area contributed by atoms with Gasteiger partial charge in [-0.1, -0.05) is 24.3 Å². The molecule has 0 bridgehead atoms. The first-order valence-corrected chi connectivity index (χ1v) is 8.94. The summed E-state index contributed by atoms with van der Waals surface area (Å²) in [7, 11) is 0. The van der Waals surface area contributed by atoms with E-state index < -0.39 is 0 Å². The van der Waals surface area contributed by atoms with Crippen LogP contribution in [0.3, 0.4) is 0 Å². The van der Waals surface area contributed by atoms with Gasteiger partial charge in [0.25, 0.3) is 11.8 Å². The molecule has 3 aromatic rings. The van der Waals surface area contributed by atoms with Crippen molar-refractivity contribution in [3.05, 3.63) is 59.8 Å². The molecule has 0 saturated carbocycles. The number of H-pyrrole nitrogens is 1. The lowest BCUT2D eigenvalue weighted by Gasteiger charge is -2.14. The second-order valence-corrected chi connectivity index (χ2v) is 6.48. The van der Waals surface area contributed by atoms with Gasteiger partial charge in [0, 0.05) is 18.5 Å². The molecule has 1 atom stereocenters. The number of nitrogens with zero attached hydrogens (tertiary/aromatic N) is 1. The molecule has 1 aliphatic heterocycles. The van der Waals surface area contributed by atoms with Crippen LogP contribution >= 0.6 is 0 Å². The molecule has 0 aliphatic carbocycles. The summed E-state index contributed by atoms with van der Waals surface area (Å²) in [5, 5.41) is 13.4. The highest BCUT2D eigenvalue weighted by Gasteiger charge is 2.19. The van der Waals surface area contributed by atoms with Gasteiger partial charge in [-0.05, 0) is 31.0 Å². The fraction of sp³-hybridized carbons (Fsp3) is 0.250. The second kappa shape index (κ2) is 7.59. The van der Waals surface area contributed by atoms with Crippen LogP contribution in [0, 0.1) is 0 Å². The summed E-state index contributed by atoms with van der Waals surface area (Å²) in [5.41, 5.74) is 2.01. The largest absolute Gasteiger partial charge is 0.376 e. The molecule has 2 aromatic carbocycles. The molecule has 27 heavy (non-hydrogen) atoms. The van der Waals surface area contributed by atoms with Crippen molar-refractivity contribution < 1.29 is 14.3 Å². The molecule has 138 valence electrons. The van der Waals surface area contributed by atoms with E-state index in [0.29, 0.717) is 28.9 Å². The first-order valence-electron chi connectivity index (χ1n) is 8.94. The molecule has 4 rings (SSSR count). The van der Waals surface area contributed by atoms with Crippen molar-refractivity contribution in [2.45, 2.75) is 18.9 Å². The van der Waals surface area contributed by atoms with Gasteiger partial charge in [-0.3, -0.25) is 14.7 Å². The Morgan fingerprint density at radius 1 is 1.11 bits per heavy atom. The van der Waals surface area contributed by atoms with Gasteiger partial charge < -0.3 is 15.4 Å². The highest BCUT2D eigenvalue weighted by Crippen LogP contribution is 2.20. The number of anilines is 1. The zero-order chi connectivity index (χ0) is 18.6. The van der Waals surface area contributed by atoms with Gasteiger partial charge in [0.15, 0.2) is 0 Å². The number of hydrogen-bond donors (Lipinski definition) is 3. The van der Waals surface area contributed by atoms with E-state index in [4.69, 9.17) is 4.74 Å². The number of aromatic nitrogens is 2. The molecule has 0 radical (unpaired) electrons. The van der Waals surface area contributed by atoms with Crippen LogP contribution in [0.15, 0.2) is 48.7 Å². The normalized spacial score (nSPS) is 16.4. The van der Waals surface area contributed by atoms with E-state index in [2.05, 4.69) is 20.8 Å². The molecule has 1 fully saturated rings. The van der Waals surface area contributed by atoms with Crippen LogP contribution < -0.4 is 10.6 Å². The average molecular weight is 364 g/mol. The Morgan fingerprint density at radius 3 is 2.81 bits per heavy atom. The molecule has 1 aromatic heterocycles. The fourth-order valence-electron chi connectivity index (χ4n) is 3.24. The van der Waals surface area contributed by atoms with Gasteiger partial charge in [0.2, 0.25) is 0 Å². The van der Waals surface area contributed by atoms with Crippen molar-refractivity contribution >= 4 is 28.4 Å². The molecule has 7 heteroatoms. The lowest BCUT2D eigenvalue weighted by molar-refractivity contribution is 0.0858. The van der Waals surface area contributed by atoms with Crippen molar-refractivity contribution in [2.75, 3.05) is 18.5 Å². The molecule has 1 aliphatic rings. The van der Waals surface area contributed by atoms with E-state index in [1.54, 1.807) is 42.6 Å². The number of nitrogens with one attached hydrogen (secondary N) is 3. The van der Waals surface area contributed by atoms with E-state index in [1.165, 1.54) is 0 Å². The van der Waals surface area contributed by atoms with E-state index in [9.17, 15) is 9.59 Å². The number of aromatic amines is 1. The predicted octanol–water partition coefficient (Wildman–Crippen LogP) is 2.72. The standard InChI is InChI=1S/C20H20N4O3/c25-19(21-12-14-6-4-10-27-14)15-7-1-2-9-17(15)23-20(26)16-8-3-5-13-11-22-24-18(13)16/h1-3,5,7-9,11,14H,4,6,10,12H2,(H,21,25)(H,22,24)(H,23,26). The fourth-order valence-corrected chi connectivity index (χ4v) is 3.24.